The third-order valence-electron chi connectivity index (χ3n) is 3.12. The number of benzene rings is 1. The van der Waals surface area contributed by atoms with Gasteiger partial charge in [-0.25, -0.2) is 4.79 Å². The van der Waals surface area contributed by atoms with Crippen LogP contribution in [-0.2, 0) is 4.74 Å². The van der Waals surface area contributed by atoms with Crippen molar-refractivity contribution >= 4 is 6.09 Å². The second kappa shape index (κ2) is 5.71. The normalized spacial score (nSPS) is 19.8. The summed E-state index contributed by atoms with van der Waals surface area (Å²) in [5.74, 6) is 0.244. The minimum atomic E-state index is -0.476. The van der Waals surface area contributed by atoms with Crippen LogP contribution in [0.25, 0.3) is 0 Å². The molecule has 0 spiro atoms. The molecule has 1 aliphatic rings. The number of nitrogens with one attached hydrogen (secondary N) is 1. The molecule has 20 heavy (non-hydrogen) atoms. The van der Waals surface area contributed by atoms with Gasteiger partial charge >= 0.3 is 6.09 Å². The van der Waals surface area contributed by atoms with Crippen molar-refractivity contribution in [3.8, 4) is 5.75 Å². The molecule has 2 rings (SSSR count). The molecular weight excluding hydrogens is 256 g/mol. The standard InChI is InChI=1S/C15H22N2O3/c1-15(2,3)20-14(19)17-9-8-16-13(10-17)11-4-6-12(18)7-5-11/h4-7,13,16,18H,8-10H2,1-3H3/t13-/m1/s1. The summed E-state index contributed by atoms with van der Waals surface area (Å²) < 4.78 is 5.40. The molecule has 1 aromatic carbocycles. The van der Waals surface area contributed by atoms with E-state index in [0.29, 0.717) is 13.1 Å². The quantitative estimate of drug-likeness (QED) is 0.827. The lowest BCUT2D eigenvalue weighted by atomic mass is 10.0. The zero-order valence-corrected chi connectivity index (χ0v) is 12.2. The van der Waals surface area contributed by atoms with Crippen LogP contribution in [0.3, 0.4) is 0 Å². The molecule has 0 aromatic heterocycles. The number of nitrogens with zero attached hydrogens (tertiary/aromatic N) is 1. The Hall–Kier alpha value is -1.75. The summed E-state index contributed by atoms with van der Waals surface area (Å²) in [6.07, 6.45) is -0.275. The Balaban J connectivity index is 2.01. The van der Waals surface area contributed by atoms with Crippen LogP contribution < -0.4 is 5.32 Å². The lowest BCUT2D eigenvalue weighted by Crippen LogP contribution is -2.49. The molecule has 0 saturated carbocycles. The lowest BCUT2D eigenvalue weighted by Gasteiger charge is -2.35. The molecule has 1 fully saturated rings. The molecule has 5 nitrogen and oxygen atoms in total. The average Bonchev–Trinajstić information content (AvgIpc) is 2.38. The third kappa shape index (κ3) is 3.87. The number of phenols is 1. The number of piperazine rings is 1. The summed E-state index contributed by atoms with van der Waals surface area (Å²) >= 11 is 0. The Morgan fingerprint density at radius 2 is 2.00 bits per heavy atom. The molecule has 0 aliphatic carbocycles. The van der Waals surface area contributed by atoms with Crippen LogP contribution in [0.5, 0.6) is 5.75 Å². The second-order valence-corrected chi connectivity index (χ2v) is 6.02. The zero-order chi connectivity index (χ0) is 14.8. The number of rotatable bonds is 1. The van der Waals surface area contributed by atoms with E-state index in [9.17, 15) is 9.90 Å². The van der Waals surface area contributed by atoms with Gasteiger partial charge in [0, 0.05) is 19.6 Å². The van der Waals surface area contributed by atoms with Crippen LogP contribution in [0.1, 0.15) is 32.4 Å². The van der Waals surface area contributed by atoms with Crippen LogP contribution in [0, 0.1) is 0 Å². The Labute approximate surface area is 119 Å². The molecule has 1 atom stereocenters. The van der Waals surface area contributed by atoms with Gasteiger partial charge in [0.1, 0.15) is 11.4 Å². The number of amides is 1. The molecule has 0 bridgehead atoms. The van der Waals surface area contributed by atoms with Crippen molar-refractivity contribution in [2.24, 2.45) is 0 Å². The first-order valence-electron chi connectivity index (χ1n) is 6.85. The van der Waals surface area contributed by atoms with E-state index < -0.39 is 5.60 Å². The highest BCUT2D eigenvalue weighted by atomic mass is 16.6. The Kier molecular flexibility index (Phi) is 4.18. The highest BCUT2D eigenvalue weighted by Crippen LogP contribution is 2.21. The molecule has 1 heterocycles. The van der Waals surface area contributed by atoms with E-state index in [0.717, 1.165) is 12.1 Å². The number of aromatic hydroxyl groups is 1. The van der Waals surface area contributed by atoms with Gasteiger partial charge in [-0.05, 0) is 38.5 Å². The number of phenolic OH excluding ortho intramolecular Hbond substituents is 1. The fraction of sp³-hybridized carbons (Fsp3) is 0.533. The predicted molar refractivity (Wildman–Crippen MR) is 76.7 cm³/mol. The lowest BCUT2D eigenvalue weighted by molar-refractivity contribution is 0.0195. The summed E-state index contributed by atoms with van der Waals surface area (Å²) in [6, 6.07) is 7.11. The largest absolute Gasteiger partial charge is 0.508 e. The Bertz CT molecular complexity index is 465. The van der Waals surface area contributed by atoms with E-state index in [1.807, 2.05) is 32.9 Å². The summed E-state index contributed by atoms with van der Waals surface area (Å²) in [4.78, 5) is 13.8. The van der Waals surface area contributed by atoms with Gasteiger partial charge in [-0.15, -0.1) is 0 Å². The van der Waals surface area contributed by atoms with Gasteiger partial charge in [-0.1, -0.05) is 12.1 Å². The van der Waals surface area contributed by atoms with Gasteiger partial charge < -0.3 is 20.1 Å². The molecule has 0 radical (unpaired) electrons. The van der Waals surface area contributed by atoms with Crippen molar-refractivity contribution in [2.45, 2.75) is 32.4 Å². The van der Waals surface area contributed by atoms with Crippen LogP contribution in [0.2, 0.25) is 0 Å². The van der Waals surface area contributed by atoms with Crippen molar-refractivity contribution in [1.82, 2.24) is 10.2 Å². The van der Waals surface area contributed by atoms with Gasteiger partial charge in [0.25, 0.3) is 0 Å². The first-order chi connectivity index (χ1) is 9.35. The van der Waals surface area contributed by atoms with Crippen molar-refractivity contribution in [3.05, 3.63) is 29.8 Å². The molecule has 1 saturated heterocycles. The zero-order valence-electron chi connectivity index (χ0n) is 12.2. The maximum Gasteiger partial charge on any atom is 0.410 e. The monoisotopic (exact) mass is 278 g/mol. The van der Waals surface area contributed by atoms with Crippen molar-refractivity contribution < 1.29 is 14.6 Å². The van der Waals surface area contributed by atoms with E-state index in [2.05, 4.69) is 5.32 Å². The molecule has 0 unspecified atom stereocenters. The molecule has 5 heteroatoms. The van der Waals surface area contributed by atoms with Crippen molar-refractivity contribution in [2.75, 3.05) is 19.6 Å². The van der Waals surface area contributed by atoms with Crippen molar-refractivity contribution in [1.29, 1.82) is 0 Å². The van der Waals surface area contributed by atoms with E-state index >= 15 is 0 Å². The predicted octanol–water partition coefficient (Wildman–Crippen LogP) is 2.27. The maximum absolute atomic E-state index is 12.1. The first-order valence-corrected chi connectivity index (χ1v) is 6.85. The van der Waals surface area contributed by atoms with Crippen LogP contribution >= 0.6 is 0 Å². The SMILES string of the molecule is CC(C)(C)OC(=O)N1CCN[C@@H](c2ccc(O)cc2)C1. The van der Waals surface area contributed by atoms with Gasteiger partial charge in [0.2, 0.25) is 0 Å². The number of carbonyl (C=O) groups is 1. The fourth-order valence-electron chi connectivity index (χ4n) is 2.17. The van der Waals surface area contributed by atoms with Crippen LogP contribution in [-0.4, -0.2) is 41.3 Å². The second-order valence-electron chi connectivity index (χ2n) is 6.02. The molecular formula is C15H22N2O3. The Morgan fingerprint density at radius 1 is 1.35 bits per heavy atom. The minimum Gasteiger partial charge on any atom is -0.508 e. The molecule has 110 valence electrons. The van der Waals surface area contributed by atoms with Crippen LogP contribution in [0.15, 0.2) is 24.3 Å². The van der Waals surface area contributed by atoms with Gasteiger partial charge in [0.15, 0.2) is 0 Å². The summed E-state index contributed by atoms with van der Waals surface area (Å²) in [5.41, 5.74) is 0.576. The number of hydrogen-bond acceptors (Lipinski definition) is 4. The van der Waals surface area contributed by atoms with E-state index in [1.54, 1.807) is 17.0 Å². The van der Waals surface area contributed by atoms with Crippen molar-refractivity contribution in [3.63, 3.8) is 0 Å². The molecule has 1 aromatic rings. The number of carbonyl (C=O) groups excluding carboxylic acids is 1. The van der Waals surface area contributed by atoms with Gasteiger partial charge in [-0.3, -0.25) is 0 Å². The summed E-state index contributed by atoms with van der Waals surface area (Å²) in [5, 5.41) is 12.7. The topological polar surface area (TPSA) is 61.8 Å². The Morgan fingerprint density at radius 3 is 2.60 bits per heavy atom. The fourth-order valence-corrected chi connectivity index (χ4v) is 2.17. The first kappa shape index (κ1) is 14.7. The molecule has 1 aliphatic heterocycles. The third-order valence-corrected chi connectivity index (χ3v) is 3.12. The summed E-state index contributed by atoms with van der Waals surface area (Å²) in [7, 11) is 0. The maximum atomic E-state index is 12.1. The highest BCUT2D eigenvalue weighted by molar-refractivity contribution is 5.68. The van der Waals surface area contributed by atoms with Gasteiger partial charge in [0.05, 0.1) is 6.04 Å². The van der Waals surface area contributed by atoms with E-state index in [-0.39, 0.29) is 17.9 Å². The average molecular weight is 278 g/mol. The van der Waals surface area contributed by atoms with Gasteiger partial charge in [-0.2, -0.15) is 0 Å². The summed E-state index contributed by atoms with van der Waals surface area (Å²) in [6.45, 7) is 7.54. The van der Waals surface area contributed by atoms with E-state index in [4.69, 9.17) is 4.74 Å². The van der Waals surface area contributed by atoms with Crippen LogP contribution in [0.4, 0.5) is 4.79 Å². The smallest absolute Gasteiger partial charge is 0.410 e. The number of hydrogen-bond donors (Lipinski definition) is 2. The van der Waals surface area contributed by atoms with E-state index in [1.165, 1.54) is 0 Å². The minimum absolute atomic E-state index is 0.0665. The molecule has 2 N–H and O–H groups in total. The number of ether oxygens (including phenoxy) is 1. The highest BCUT2D eigenvalue weighted by Gasteiger charge is 2.27. The molecule has 1 amide bonds.